The van der Waals surface area contributed by atoms with Gasteiger partial charge in [-0.1, -0.05) is 109 Å². The van der Waals surface area contributed by atoms with Crippen molar-refractivity contribution in [2.24, 2.45) is 0 Å². The monoisotopic (exact) mass is 1110 g/mol. The first kappa shape index (κ1) is 50.4. The van der Waals surface area contributed by atoms with Crippen LogP contribution in [0.5, 0.6) is 0 Å². The first-order valence-electron chi connectivity index (χ1n) is 24.0. The average Bonchev–Trinajstić information content (AvgIpc) is 4.20. The minimum absolute atomic E-state index is 0.0189. The van der Waals surface area contributed by atoms with Crippen molar-refractivity contribution < 1.29 is 22.0 Å². The summed E-state index contributed by atoms with van der Waals surface area (Å²) in [5, 5.41) is 0. The van der Waals surface area contributed by atoms with E-state index < -0.39 is 50.8 Å². The molecule has 4 nitrogen and oxygen atoms in total. The van der Waals surface area contributed by atoms with E-state index in [0.717, 1.165) is 42.5 Å². The molecule has 2 aliphatic heterocycles. The molecule has 5 heterocycles. The first-order valence-corrected chi connectivity index (χ1v) is 30.8. The van der Waals surface area contributed by atoms with E-state index in [0.29, 0.717) is 55.9 Å². The van der Waals surface area contributed by atoms with Crippen LogP contribution in [0.15, 0.2) is 97.1 Å². The van der Waals surface area contributed by atoms with Crippen LogP contribution in [0.3, 0.4) is 0 Å². The fraction of sp³-hybridized carbons (Fsp3) is 0.200. The van der Waals surface area contributed by atoms with Gasteiger partial charge in [-0.25, -0.2) is 31.9 Å². The maximum atomic E-state index is 16.1. The van der Waals surface area contributed by atoms with Gasteiger partial charge in [0.15, 0.2) is 23.3 Å². The predicted octanol–water partition coefficient (Wildman–Crippen LogP) is 17.4. The smallest absolute Gasteiger partial charge is 0.200 e. The number of hydrogen-bond donors (Lipinski definition) is 2. The van der Waals surface area contributed by atoms with Crippen LogP contribution in [0, 0.1) is 55.6 Å². The highest BCUT2D eigenvalue weighted by Gasteiger charge is 2.41. The van der Waals surface area contributed by atoms with Gasteiger partial charge in [-0.05, 0) is 141 Å². The molecule has 0 fully saturated rings. The summed E-state index contributed by atoms with van der Waals surface area (Å²) >= 11 is 2.23. The predicted molar refractivity (Wildman–Crippen MR) is 301 cm³/mol. The van der Waals surface area contributed by atoms with E-state index in [4.69, 9.17) is 9.97 Å². The van der Waals surface area contributed by atoms with Crippen LogP contribution in [0.2, 0.25) is 36.3 Å². The lowest BCUT2D eigenvalue weighted by Crippen LogP contribution is -2.43. The van der Waals surface area contributed by atoms with Gasteiger partial charge in [0.1, 0.15) is 16.1 Å². The minimum Gasteiger partial charge on any atom is -0.354 e. The number of aromatic amines is 2. The second kappa shape index (κ2) is 19.8. The number of aromatic nitrogens is 4. The van der Waals surface area contributed by atoms with Crippen molar-refractivity contribution in [3.63, 3.8) is 0 Å². The number of rotatable bonds is 7. The Hall–Kier alpha value is -6.59. The van der Waals surface area contributed by atoms with Crippen LogP contribution in [-0.2, 0) is 0 Å². The van der Waals surface area contributed by atoms with Crippen LogP contribution in [0.1, 0.15) is 75.4 Å². The summed E-state index contributed by atoms with van der Waals surface area (Å²) in [6, 6.07) is 31.1. The summed E-state index contributed by atoms with van der Waals surface area (Å²) in [5.41, 5.74) is 17.1. The Bertz CT molecular complexity index is 3620. The third-order valence-electron chi connectivity index (χ3n) is 13.6. The molecule has 12 heteroatoms. The van der Waals surface area contributed by atoms with Crippen LogP contribution < -0.4 is 0 Å². The number of H-pyrrole nitrogens is 2. The van der Waals surface area contributed by atoms with Gasteiger partial charge in [0.2, 0.25) is 5.82 Å². The lowest BCUT2D eigenvalue weighted by molar-refractivity contribution is 0.381. The molecule has 72 heavy (non-hydrogen) atoms. The molecular formula is C60H52F5IN4Si2. The Kier molecular flexibility index (Phi) is 13.8. The van der Waals surface area contributed by atoms with E-state index in [1.54, 1.807) is 18.2 Å². The Morgan fingerprint density at radius 1 is 0.417 bits per heavy atom. The third-order valence-corrected chi connectivity index (χ3v) is 21.4. The molecule has 0 saturated heterocycles. The van der Waals surface area contributed by atoms with Gasteiger partial charge < -0.3 is 9.97 Å². The van der Waals surface area contributed by atoms with Crippen molar-refractivity contribution in [3.05, 3.63) is 164 Å². The molecule has 0 saturated carbocycles. The summed E-state index contributed by atoms with van der Waals surface area (Å²) in [4.78, 5) is 17.3. The number of nitrogens with zero attached hydrogens (tertiary/aromatic N) is 2. The summed E-state index contributed by atoms with van der Waals surface area (Å²) in [6.07, 6.45) is 7.10. The molecule has 0 atom stereocenters. The van der Waals surface area contributed by atoms with Crippen molar-refractivity contribution in [1.82, 2.24) is 19.9 Å². The lowest BCUT2D eigenvalue weighted by atomic mass is 10.0. The maximum absolute atomic E-state index is 16.1. The molecule has 2 aliphatic rings. The van der Waals surface area contributed by atoms with Gasteiger partial charge in [0, 0.05) is 59.0 Å². The average molecular weight is 1110 g/mol. The molecule has 4 aromatic carbocycles. The van der Waals surface area contributed by atoms with E-state index >= 15 is 17.6 Å². The van der Waals surface area contributed by atoms with Gasteiger partial charge in [-0.3, -0.25) is 0 Å². The SMILES string of the molecule is CC(C)[Si](C#Cc1ccc(-c2c3nc(c(-c4ccc(C#C[Si](C)(C)C)cc4)c4ccc([nH]4)c(-c4c(F)c(F)c(F)c(F)c4F)c4nc(c(-c5ccc(I)cc5)c5ccc2[nH]5)C=C4)C=C3)cc1)(C(C)C)C(C)C. The Labute approximate surface area is 433 Å². The van der Waals surface area contributed by atoms with Crippen molar-refractivity contribution in [2.45, 2.75) is 77.8 Å². The Morgan fingerprint density at radius 2 is 0.736 bits per heavy atom. The van der Waals surface area contributed by atoms with Gasteiger partial charge in [0.05, 0.1) is 28.3 Å². The standard InChI is InChI=1S/C60H52F5IN4Si2/c1-34(2)72(35(3)4,36(5)6)33-31-38-12-16-40(17-13-38)51-43-22-23-45(67-43)52(39-14-10-37(11-15-39)30-32-71(7,8)9)47-26-28-49(69-47)54(55-56(61)58(63)60(65)59(64)57(55)62)50-29-27-48(70-50)53(46-25-24-44(51)68-46)41-18-20-42(66)21-19-41/h10-29,34-36,68-69H,1-9H3. The van der Waals surface area contributed by atoms with Gasteiger partial charge >= 0.3 is 0 Å². The van der Waals surface area contributed by atoms with Crippen LogP contribution in [-0.4, -0.2) is 36.1 Å². The van der Waals surface area contributed by atoms with E-state index in [1.165, 1.54) is 6.08 Å². The summed E-state index contributed by atoms with van der Waals surface area (Å²) in [5.74, 6) is -3.42. The number of fused-ring (bicyclic) bond motifs is 8. The Balaban J connectivity index is 1.39. The molecule has 7 aromatic rings. The van der Waals surface area contributed by atoms with Crippen molar-refractivity contribution in [3.8, 4) is 67.4 Å². The lowest BCUT2D eigenvalue weighted by Gasteiger charge is -2.38. The molecule has 8 bridgehead atoms. The third kappa shape index (κ3) is 9.48. The summed E-state index contributed by atoms with van der Waals surface area (Å²) in [7, 11) is -3.69. The topological polar surface area (TPSA) is 57.4 Å². The van der Waals surface area contributed by atoms with E-state index in [-0.39, 0.29) is 16.8 Å². The molecule has 0 spiro atoms. The summed E-state index contributed by atoms with van der Waals surface area (Å²) < 4.78 is 78.3. The van der Waals surface area contributed by atoms with Crippen LogP contribution in [0.25, 0.3) is 90.9 Å². The van der Waals surface area contributed by atoms with Crippen LogP contribution in [0.4, 0.5) is 22.0 Å². The van der Waals surface area contributed by atoms with E-state index in [1.807, 2.05) is 72.8 Å². The second-order valence-corrected chi connectivity index (χ2v) is 31.8. The number of benzene rings is 4. The van der Waals surface area contributed by atoms with Crippen molar-refractivity contribution in [1.29, 1.82) is 0 Å². The molecule has 9 rings (SSSR count). The highest BCUT2D eigenvalue weighted by Crippen LogP contribution is 2.43. The molecule has 0 radical (unpaired) electrons. The molecule has 2 N–H and O–H groups in total. The second-order valence-electron chi connectivity index (χ2n) is 20.3. The van der Waals surface area contributed by atoms with Crippen molar-refractivity contribution in [2.75, 3.05) is 0 Å². The molecule has 0 unspecified atom stereocenters. The number of halogens is 6. The maximum Gasteiger partial charge on any atom is 0.200 e. The zero-order valence-corrected chi connectivity index (χ0v) is 45.6. The van der Waals surface area contributed by atoms with Gasteiger partial charge in [-0.15, -0.1) is 11.1 Å². The summed E-state index contributed by atoms with van der Waals surface area (Å²) in [6.45, 7) is 20.4. The van der Waals surface area contributed by atoms with E-state index in [9.17, 15) is 4.39 Å². The van der Waals surface area contributed by atoms with E-state index in [2.05, 4.69) is 141 Å². The largest absolute Gasteiger partial charge is 0.354 e. The normalized spacial score (nSPS) is 12.4. The molecule has 0 amide bonds. The fourth-order valence-corrected chi connectivity index (χ4v) is 16.2. The van der Waals surface area contributed by atoms with Crippen molar-refractivity contribution >= 4 is 85.1 Å². The Morgan fingerprint density at radius 3 is 1.10 bits per heavy atom. The number of hydrogen-bond acceptors (Lipinski definition) is 2. The molecule has 0 aliphatic carbocycles. The quantitative estimate of drug-likeness (QED) is 0.0417. The van der Waals surface area contributed by atoms with Crippen LogP contribution >= 0.6 is 22.6 Å². The molecular weight excluding hydrogens is 1050 g/mol. The minimum atomic E-state index is -2.25. The zero-order chi connectivity index (χ0) is 51.4. The number of nitrogens with one attached hydrogen (secondary N) is 2. The highest BCUT2D eigenvalue weighted by atomic mass is 127. The molecule has 362 valence electrons. The van der Waals surface area contributed by atoms with Gasteiger partial charge in [0.25, 0.3) is 0 Å². The first-order chi connectivity index (χ1) is 34.2. The van der Waals surface area contributed by atoms with Gasteiger partial charge in [-0.2, -0.15) is 0 Å². The highest BCUT2D eigenvalue weighted by molar-refractivity contribution is 14.1. The fourth-order valence-electron chi connectivity index (χ4n) is 10.1. The zero-order valence-electron chi connectivity index (χ0n) is 41.4. The molecule has 3 aromatic heterocycles.